The second-order valence-corrected chi connectivity index (χ2v) is 4.66. The average molecular weight is 343 g/mol. The lowest BCUT2D eigenvalue weighted by Crippen LogP contribution is -3.00. The average Bonchev–Trinajstić information content (AvgIpc) is 2.53. The van der Waals surface area contributed by atoms with Crippen LogP contribution in [0, 0.1) is 0 Å². The molecule has 0 aliphatic carbocycles. The number of rotatable bonds is 3. The second-order valence-electron chi connectivity index (χ2n) is 4.66. The number of hydrogen-bond donors (Lipinski definition) is 1. The number of halogens is 1. The minimum atomic E-state index is 0. The molecule has 4 heteroatoms. The molecule has 0 bridgehead atoms. The van der Waals surface area contributed by atoms with Crippen molar-refractivity contribution in [1.82, 2.24) is 0 Å². The lowest BCUT2D eigenvalue weighted by molar-refractivity contribution is -0.681. The number of benzene rings is 2. The molecule has 21 heavy (non-hydrogen) atoms. The molecule has 0 spiro atoms. The Morgan fingerprint density at radius 1 is 0.905 bits per heavy atom. The van der Waals surface area contributed by atoms with E-state index in [-0.39, 0.29) is 17.0 Å². The van der Waals surface area contributed by atoms with Gasteiger partial charge in [-0.15, -0.1) is 0 Å². The molecule has 3 nitrogen and oxygen atoms in total. The molecule has 0 unspecified atom stereocenters. The summed E-state index contributed by atoms with van der Waals surface area (Å²) in [5.74, 6) is 0. The van der Waals surface area contributed by atoms with E-state index >= 15 is 0 Å². The molecule has 0 saturated heterocycles. The number of nitrogens with zero attached hydrogens (tertiary/aromatic N) is 2. The third kappa shape index (κ3) is 3.47. The smallest absolute Gasteiger partial charge is 0.194 e. The van der Waals surface area contributed by atoms with Gasteiger partial charge in [-0.3, -0.25) is 0 Å². The van der Waals surface area contributed by atoms with E-state index in [1.165, 1.54) is 5.39 Å². The van der Waals surface area contributed by atoms with Crippen molar-refractivity contribution in [2.24, 2.45) is 5.16 Å². The summed E-state index contributed by atoms with van der Waals surface area (Å²) in [6.07, 6.45) is 3.90. The molecular weight excluding hydrogens is 328 g/mol. The summed E-state index contributed by atoms with van der Waals surface area (Å²) in [5, 5.41) is 15.1. The van der Waals surface area contributed by atoms with Crippen LogP contribution in [-0.2, 0) is 6.54 Å². The zero-order chi connectivity index (χ0) is 13.8. The molecule has 1 aromatic heterocycles. The maximum atomic E-state index is 9.29. The Bertz CT molecular complexity index is 757. The fourth-order valence-corrected chi connectivity index (χ4v) is 2.26. The molecule has 0 saturated carbocycles. The largest absolute Gasteiger partial charge is 1.00 e. The van der Waals surface area contributed by atoms with Gasteiger partial charge in [0, 0.05) is 17.7 Å². The first-order valence-corrected chi connectivity index (χ1v) is 6.51. The van der Waals surface area contributed by atoms with Gasteiger partial charge in [-0.2, -0.15) is 4.57 Å². The van der Waals surface area contributed by atoms with Crippen molar-refractivity contribution < 1.29 is 26.8 Å². The molecule has 0 radical (unpaired) electrons. The van der Waals surface area contributed by atoms with Gasteiger partial charge in [-0.25, -0.2) is 0 Å². The fraction of sp³-hybridized carbons (Fsp3) is 0.0588. The number of fused-ring (bicyclic) bond motifs is 1. The predicted molar refractivity (Wildman–Crippen MR) is 78.9 cm³/mol. The van der Waals surface area contributed by atoms with E-state index in [4.69, 9.17) is 0 Å². The van der Waals surface area contributed by atoms with E-state index < -0.39 is 0 Å². The lowest BCUT2D eigenvalue weighted by atomic mass is 10.0. The number of oxime groups is 1. The van der Waals surface area contributed by atoms with Crippen LogP contribution in [0.3, 0.4) is 0 Å². The van der Waals surface area contributed by atoms with Crippen LogP contribution in [-0.4, -0.2) is 10.9 Å². The number of aromatic nitrogens is 1. The second kappa shape index (κ2) is 6.99. The van der Waals surface area contributed by atoms with E-state index in [9.17, 15) is 5.21 Å². The lowest BCUT2D eigenvalue weighted by Gasteiger charge is -2.04. The third-order valence-electron chi connectivity index (χ3n) is 3.31. The zero-order valence-electron chi connectivity index (χ0n) is 11.4. The van der Waals surface area contributed by atoms with Crippen LogP contribution in [0.25, 0.3) is 10.8 Å². The quantitative estimate of drug-likeness (QED) is 0.309. The summed E-state index contributed by atoms with van der Waals surface area (Å²) < 4.78 is 1.98. The Labute approximate surface area is 133 Å². The molecule has 0 fully saturated rings. The van der Waals surface area contributed by atoms with E-state index in [0.717, 1.165) is 10.9 Å². The van der Waals surface area contributed by atoms with E-state index in [2.05, 4.69) is 17.3 Å². The Morgan fingerprint density at radius 3 is 2.33 bits per heavy atom. The highest BCUT2D eigenvalue weighted by molar-refractivity contribution is 6.02. The fourth-order valence-electron chi connectivity index (χ4n) is 2.26. The van der Waals surface area contributed by atoms with Gasteiger partial charge in [0.15, 0.2) is 24.7 Å². The topological polar surface area (TPSA) is 36.5 Å². The van der Waals surface area contributed by atoms with Crippen molar-refractivity contribution in [3.8, 4) is 0 Å². The van der Waals surface area contributed by atoms with Crippen LogP contribution in [0.5, 0.6) is 0 Å². The summed E-state index contributed by atoms with van der Waals surface area (Å²) in [4.78, 5) is 0. The molecule has 106 valence electrons. The van der Waals surface area contributed by atoms with Gasteiger partial charge in [0.25, 0.3) is 0 Å². The monoisotopic (exact) mass is 342 g/mol. The van der Waals surface area contributed by atoms with E-state index in [0.29, 0.717) is 12.3 Å². The Balaban J connectivity index is 0.00000161. The molecule has 2 aromatic carbocycles. The predicted octanol–water partition coefficient (Wildman–Crippen LogP) is 0.00980. The van der Waals surface area contributed by atoms with E-state index in [1.807, 2.05) is 65.5 Å². The first-order valence-electron chi connectivity index (χ1n) is 6.51. The summed E-state index contributed by atoms with van der Waals surface area (Å²) in [6, 6.07) is 20.1. The van der Waals surface area contributed by atoms with Crippen LogP contribution in [0.4, 0.5) is 0 Å². The Hall–Kier alpha value is -2.20. The van der Waals surface area contributed by atoms with Gasteiger partial charge in [0.2, 0.25) is 0 Å². The highest BCUT2D eigenvalue weighted by atomic mass is 79.9. The summed E-state index contributed by atoms with van der Waals surface area (Å²) in [5.41, 5.74) is 1.58. The van der Waals surface area contributed by atoms with Gasteiger partial charge >= 0.3 is 0 Å². The molecule has 3 aromatic rings. The van der Waals surface area contributed by atoms with Crippen molar-refractivity contribution in [2.45, 2.75) is 6.54 Å². The summed E-state index contributed by atoms with van der Waals surface area (Å²) >= 11 is 0. The van der Waals surface area contributed by atoms with Crippen LogP contribution in [0.1, 0.15) is 5.56 Å². The molecule has 1 heterocycles. The molecule has 1 N–H and O–H groups in total. The Morgan fingerprint density at radius 2 is 1.62 bits per heavy atom. The Kier molecular flexibility index (Phi) is 5.06. The van der Waals surface area contributed by atoms with Gasteiger partial charge < -0.3 is 22.2 Å². The molecular formula is C17H15BrN2O. The minimum Gasteiger partial charge on any atom is -1.00 e. The van der Waals surface area contributed by atoms with Crippen molar-refractivity contribution in [3.05, 3.63) is 78.6 Å². The number of hydrogen-bond acceptors (Lipinski definition) is 2. The van der Waals surface area contributed by atoms with Crippen LogP contribution < -0.4 is 21.5 Å². The summed E-state index contributed by atoms with van der Waals surface area (Å²) in [6.45, 7) is 0.537. The van der Waals surface area contributed by atoms with Gasteiger partial charge in [-0.1, -0.05) is 47.6 Å². The van der Waals surface area contributed by atoms with Crippen molar-refractivity contribution >= 4 is 16.5 Å². The highest BCUT2D eigenvalue weighted by Crippen LogP contribution is 2.16. The third-order valence-corrected chi connectivity index (χ3v) is 3.31. The van der Waals surface area contributed by atoms with Crippen molar-refractivity contribution in [2.75, 3.05) is 0 Å². The van der Waals surface area contributed by atoms with E-state index in [1.54, 1.807) is 0 Å². The van der Waals surface area contributed by atoms with Crippen LogP contribution in [0.15, 0.2) is 78.2 Å². The molecule has 3 rings (SSSR count). The van der Waals surface area contributed by atoms with Crippen LogP contribution >= 0.6 is 0 Å². The minimum absolute atomic E-state index is 0. The van der Waals surface area contributed by atoms with Crippen molar-refractivity contribution in [3.63, 3.8) is 0 Å². The first-order chi connectivity index (χ1) is 9.86. The number of pyridine rings is 1. The SMILES string of the molecule is O/N=C(\C[n+]1ccccc1)c1ccc2ccccc2c1.[Br-]. The zero-order valence-corrected chi connectivity index (χ0v) is 12.9. The molecule has 0 aliphatic heterocycles. The molecule has 0 amide bonds. The summed E-state index contributed by atoms with van der Waals surface area (Å²) in [7, 11) is 0. The molecule has 0 atom stereocenters. The normalized spacial score (nSPS) is 11.1. The van der Waals surface area contributed by atoms with Gasteiger partial charge in [-0.05, 0) is 16.8 Å². The maximum absolute atomic E-state index is 9.29. The molecule has 0 aliphatic rings. The van der Waals surface area contributed by atoms with Gasteiger partial charge in [0.05, 0.1) is 0 Å². The van der Waals surface area contributed by atoms with Crippen LogP contribution in [0.2, 0.25) is 0 Å². The van der Waals surface area contributed by atoms with Gasteiger partial charge in [0.1, 0.15) is 0 Å². The highest BCUT2D eigenvalue weighted by Gasteiger charge is 2.10. The first kappa shape index (κ1) is 15.2. The van der Waals surface area contributed by atoms with Crippen molar-refractivity contribution in [1.29, 1.82) is 0 Å². The maximum Gasteiger partial charge on any atom is 0.194 e. The standard InChI is InChI=1S/C17H14N2O.BrH/c20-18-17(13-19-10-4-1-5-11-19)16-9-8-14-6-2-3-7-15(14)12-16;/h1-12H,13H2;1H/b18-17+;.